The van der Waals surface area contributed by atoms with Gasteiger partial charge in [0.05, 0.1) is 24.6 Å². The molecule has 116 valence electrons. The van der Waals surface area contributed by atoms with Gasteiger partial charge in [0, 0.05) is 0 Å². The molecule has 6 rings (SSSR count). The molecule has 1 aromatic carbocycles. The first-order chi connectivity index (χ1) is 11.2. The van der Waals surface area contributed by atoms with Gasteiger partial charge in [-0.25, -0.2) is 0 Å². The standard InChI is InChI=1S/C19H17NO3/c1-23-11-4-2-10(3-5-11)20-18(21)16-14-8-9-15(17(16)19(20)22)13-7-6-12(13)14/h2-9,12-17H,1H3/t12-,13+,14-,15+,16-,17+. The first-order valence-electron chi connectivity index (χ1n) is 8.09. The third-order valence-electron chi connectivity index (χ3n) is 6.00. The summed E-state index contributed by atoms with van der Waals surface area (Å²) in [5, 5.41) is 0. The molecule has 0 N–H and O–H groups in total. The second-order valence-corrected chi connectivity index (χ2v) is 6.84. The van der Waals surface area contributed by atoms with Crippen molar-refractivity contribution in [3.05, 3.63) is 48.6 Å². The summed E-state index contributed by atoms with van der Waals surface area (Å²) >= 11 is 0. The number of allylic oxidation sites excluding steroid dienone is 4. The summed E-state index contributed by atoms with van der Waals surface area (Å²) in [5.41, 5.74) is 0.648. The maximum Gasteiger partial charge on any atom is 0.238 e. The lowest BCUT2D eigenvalue weighted by Gasteiger charge is -2.51. The van der Waals surface area contributed by atoms with Crippen LogP contribution in [0.5, 0.6) is 5.75 Å². The molecule has 6 atom stereocenters. The van der Waals surface area contributed by atoms with E-state index >= 15 is 0 Å². The van der Waals surface area contributed by atoms with E-state index in [4.69, 9.17) is 4.74 Å². The fourth-order valence-electron chi connectivity index (χ4n) is 4.88. The molecular weight excluding hydrogens is 290 g/mol. The van der Waals surface area contributed by atoms with Gasteiger partial charge in [0.15, 0.2) is 0 Å². The van der Waals surface area contributed by atoms with E-state index in [9.17, 15) is 9.59 Å². The van der Waals surface area contributed by atoms with Crippen LogP contribution in [-0.4, -0.2) is 18.9 Å². The molecule has 0 aromatic heterocycles. The first kappa shape index (κ1) is 13.1. The molecule has 2 fully saturated rings. The summed E-state index contributed by atoms with van der Waals surface area (Å²) in [6.07, 6.45) is 8.74. The van der Waals surface area contributed by atoms with Crippen LogP contribution >= 0.6 is 0 Å². The SMILES string of the molecule is COc1ccc(N2C(=O)[C@@H]3[C@@H]4C=C[C@@H]([C@H]5C=C[C@H]54)[C@@H]3C2=O)cc1. The Morgan fingerprint density at radius 3 is 1.70 bits per heavy atom. The van der Waals surface area contributed by atoms with Crippen LogP contribution in [0.3, 0.4) is 0 Å². The largest absolute Gasteiger partial charge is 0.497 e. The Balaban J connectivity index is 1.54. The zero-order valence-electron chi connectivity index (χ0n) is 12.8. The minimum absolute atomic E-state index is 0.0386. The molecule has 4 aliphatic carbocycles. The number of methoxy groups -OCH3 is 1. The van der Waals surface area contributed by atoms with E-state index in [0.29, 0.717) is 23.3 Å². The summed E-state index contributed by atoms with van der Waals surface area (Å²) < 4.78 is 5.15. The zero-order chi connectivity index (χ0) is 15.7. The van der Waals surface area contributed by atoms with E-state index in [1.54, 1.807) is 31.4 Å². The van der Waals surface area contributed by atoms with E-state index < -0.39 is 0 Å². The molecule has 4 nitrogen and oxygen atoms in total. The molecule has 2 bridgehead atoms. The van der Waals surface area contributed by atoms with Gasteiger partial charge in [-0.3, -0.25) is 14.5 Å². The maximum atomic E-state index is 13.0. The highest BCUT2D eigenvalue weighted by Gasteiger charge is 2.62. The summed E-state index contributed by atoms with van der Waals surface area (Å²) in [6, 6.07) is 7.15. The van der Waals surface area contributed by atoms with Crippen LogP contribution in [0, 0.1) is 35.5 Å². The average Bonchev–Trinajstić information content (AvgIpc) is 2.80. The average molecular weight is 307 g/mol. The lowest BCUT2D eigenvalue weighted by molar-refractivity contribution is -0.127. The van der Waals surface area contributed by atoms with Crippen LogP contribution in [0.1, 0.15) is 0 Å². The normalized spacial score (nSPS) is 39.3. The summed E-state index contributed by atoms with van der Waals surface area (Å²) in [6.45, 7) is 0. The Kier molecular flexibility index (Phi) is 2.48. The van der Waals surface area contributed by atoms with Crippen molar-refractivity contribution in [3.8, 4) is 5.75 Å². The Morgan fingerprint density at radius 1 is 0.783 bits per heavy atom. The number of hydrogen-bond donors (Lipinski definition) is 0. The van der Waals surface area contributed by atoms with Gasteiger partial charge >= 0.3 is 0 Å². The lowest BCUT2D eigenvalue weighted by atomic mass is 9.50. The second kappa shape index (κ2) is 4.34. The number of benzene rings is 1. The maximum absolute atomic E-state index is 13.0. The number of amides is 2. The van der Waals surface area contributed by atoms with Crippen molar-refractivity contribution >= 4 is 17.5 Å². The third kappa shape index (κ3) is 1.51. The van der Waals surface area contributed by atoms with E-state index in [1.807, 2.05) is 0 Å². The highest BCUT2D eigenvalue weighted by atomic mass is 16.5. The fraction of sp³-hybridized carbons (Fsp3) is 0.368. The number of nitrogens with zero attached hydrogens (tertiary/aromatic N) is 1. The number of anilines is 1. The van der Waals surface area contributed by atoms with E-state index in [1.165, 1.54) is 4.90 Å². The highest BCUT2D eigenvalue weighted by molar-refractivity contribution is 6.22. The summed E-state index contributed by atoms with van der Waals surface area (Å²) in [7, 11) is 1.60. The van der Waals surface area contributed by atoms with Gasteiger partial charge in [0.25, 0.3) is 0 Å². The molecule has 4 heteroatoms. The van der Waals surface area contributed by atoms with Gasteiger partial charge in [0.1, 0.15) is 5.75 Å². The van der Waals surface area contributed by atoms with Crippen molar-refractivity contribution in [2.24, 2.45) is 35.5 Å². The first-order valence-corrected chi connectivity index (χ1v) is 8.09. The van der Waals surface area contributed by atoms with Gasteiger partial charge in [-0.05, 0) is 47.9 Å². The molecule has 1 aliphatic heterocycles. The topological polar surface area (TPSA) is 46.6 Å². The van der Waals surface area contributed by atoms with E-state index in [0.717, 1.165) is 0 Å². The van der Waals surface area contributed by atoms with Crippen molar-refractivity contribution < 1.29 is 14.3 Å². The van der Waals surface area contributed by atoms with Crippen LogP contribution in [-0.2, 0) is 9.59 Å². The monoisotopic (exact) mass is 307 g/mol. The molecule has 1 saturated heterocycles. The smallest absolute Gasteiger partial charge is 0.238 e. The van der Waals surface area contributed by atoms with Crippen LogP contribution in [0.15, 0.2) is 48.6 Å². The van der Waals surface area contributed by atoms with Gasteiger partial charge in [-0.1, -0.05) is 24.3 Å². The molecule has 0 radical (unpaired) electrons. The van der Waals surface area contributed by atoms with Gasteiger partial charge < -0.3 is 4.74 Å². The van der Waals surface area contributed by atoms with Crippen molar-refractivity contribution in [2.75, 3.05) is 12.0 Å². The Bertz CT molecular complexity index is 723. The van der Waals surface area contributed by atoms with Crippen LogP contribution in [0.2, 0.25) is 0 Å². The highest BCUT2D eigenvalue weighted by Crippen LogP contribution is 2.58. The summed E-state index contributed by atoms with van der Waals surface area (Å²) in [4.78, 5) is 27.4. The Labute approximate surface area is 134 Å². The zero-order valence-corrected chi connectivity index (χ0v) is 12.8. The minimum atomic E-state index is -0.189. The Morgan fingerprint density at radius 2 is 1.26 bits per heavy atom. The molecule has 1 aromatic rings. The number of hydrogen-bond acceptors (Lipinski definition) is 3. The quantitative estimate of drug-likeness (QED) is 0.623. The lowest BCUT2D eigenvalue weighted by Crippen LogP contribution is -2.50. The minimum Gasteiger partial charge on any atom is -0.497 e. The molecule has 1 saturated carbocycles. The predicted molar refractivity (Wildman–Crippen MR) is 84.7 cm³/mol. The number of rotatable bonds is 2. The molecular formula is C19H17NO3. The third-order valence-corrected chi connectivity index (χ3v) is 6.00. The predicted octanol–water partition coefficient (Wildman–Crippen LogP) is 2.42. The van der Waals surface area contributed by atoms with Crippen LogP contribution < -0.4 is 9.64 Å². The van der Waals surface area contributed by atoms with Crippen molar-refractivity contribution in [3.63, 3.8) is 0 Å². The molecule has 23 heavy (non-hydrogen) atoms. The van der Waals surface area contributed by atoms with Crippen molar-refractivity contribution in [2.45, 2.75) is 0 Å². The number of imide groups is 1. The van der Waals surface area contributed by atoms with Crippen LogP contribution in [0.25, 0.3) is 0 Å². The van der Waals surface area contributed by atoms with Gasteiger partial charge in [-0.15, -0.1) is 0 Å². The van der Waals surface area contributed by atoms with Crippen molar-refractivity contribution in [1.82, 2.24) is 0 Å². The molecule has 2 amide bonds. The van der Waals surface area contributed by atoms with Crippen LogP contribution in [0.4, 0.5) is 5.69 Å². The van der Waals surface area contributed by atoms with Crippen molar-refractivity contribution in [1.29, 1.82) is 0 Å². The molecule has 0 unspecified atom stereocenters. The van der Waals surface area contributed by atoms with E-state index in [-0.39, 0.29) is 35.5 Å². The molecule has 0 spiro atoms. The number of ether oxygens (including phenoxy) is 1. The molecule has 5 aliphatic rings. The molecule has 1 heterocycles. The Hall–Kier alpha value is -2.36. The number of carbonyl (C=O) groups is 2. The number of carbonyl (C=O) groups excluding carboxylic acids is 2. The van der Waals surface area contributed by atoms with Gasteiger partial charge in [0.2, 0.25) is 11.8 Å². The summed E-state index contributed by atoms with van der Waals surface area (Å²) in [5.74, 6) is 1.51. The van der Waals surface area contributed by atoms with E-state index in [2.05, 4.69) is 24.3 Å². The fourth-order valence-corrected chi connectivity index (χ4v) is 4.88. The van der Waals surface area contributed by atoms with Gasteiger partial charge in [-0.2, -0.15) is 0 Å². The second-order valence-electron chi connectivity index (χ2n) is 6.84.